The van der Waals surface area contributed by atoms with E-state index in [4.69, 9.17) is 0 Å². The van der Waals surface area contributed by atoms with E-state index in [9.17, 15) is 4.79 Å². The van der Waals surface area contributed by atoms with Crippen molar-refractivity contribution in [2.45, 2.75) is 38.0 Å². The van der Waals surface area contributed by atoms with Crippen LogP contribution in [0.3, 0.4) is 0 Å². The van der Waals surface area contributed by atoms with E-state index >= 15 is 0 Å². The van der Waals surface area contributed by atoms with Crippen LogP contribution >= 0.6 is 0 Å². The highest BCUT2D eigenvalue weighted by Crippen LogP contribution is 2.42. The number of anilines is 1. The second-order valence-corrected chi connectivity index (χ2v) is 6.31. The zero-order chi connectivity index (χ0) is 13.6. The predicted molar refractivity (Wildman–Crippen MR) is 77.7 cm³/mol. The van der Waals surface area contributed by atoms with Gasteiger partial charge in [0.2, 0.25) is 5.91 Å². The minimum Gasteiger partial charge on any atom is -0.316 e. The summed E-state index contributed by atoms with van der Waals surface area (Å²) in [7, 11) is 1.87. The van der Waals surface area contributed by atoms with Gasteiger partial charge in [-0.25, -0.2) is 0 Å². The molecule has 0 saturated carbocycles. The summed E-state index contributed by atoms with van der Waals surface area (Å²) in [6, 6.07) is 6.57. The number of fused-ring (bicyclic) bond motifs is 1. The van der Waals surface area contributed by atoms with Crippen LogP contribution in [0.4, 0.5) is 5.69 Å². The highest BCUT2D eigenvalue weighted by Gasteiger charge is 2.42. The largest absolute Gasteiger partial charge is 0.316 e. The summed E-state index contributed by atoms with van der Waals surface area (Å²) in [6.45, 7) is 6.25. The number of nitrogens with one attached hydrogen (secondary N) is 1. The number of amides is 1. The Morgan fingerprint density at radius 1 is 1.37 bits per heavy atom. The summed E-state index contributed by atoms with van der Waals surface area (Å²) < 4.78 is 0. The van der Waals surface area contributed by atoms with Crippen LogP contribution in [0.5, 0.6) is 0 Å². The maximum atomic E-state index is 12.3. The van der Waals surface area contributed by atoms with Gasteiger partial charge in [-0.1, -0.05) is 12.1 Å². The zero-order valence-electron chi connectivity index (χ0n) is 12.0. The average Bonchev–Trinajstić information content (AvgIpc) is 2.61. The third-order valence-electron chi connectivity index (χ3n) is 4.66. The Kier molecular flexibility index (Phi) is 2.90. The Balaban J connectivity index is 2.00. The fourth-order valence-corrected chi connectivity index (χ4v) is 3.38. The standard InChI is InChI=1S/C16H22N2O/c1-16(2)13-9-11(12-5-4-8-17-10-12)6-7-14(13)18(3)15(16)19/h6-7,9,12,17H,4-5,8,10H2,1-3H3. The topological polar surface area (TPSA) is 32.3 Å². The molecule has 0 spiro atoms. The van der Waals surface area contributed by atoms with Crippen molar-refractivity contribution in [1.82, 2.24) is 5.32 Å². The molecule has 2 heterocycles. The highest BCUT2D eigenvalue weighted by molar-refractivity contribution is 6.07. The summed E-state index contributed by atoms with van der Waals surface area (Å²) in [5.74, 6) is 0.789. The fourth-order valence-electron chi connectivity index (χ4n) is 3.38. The van der Waals surface area contributed by atoms with Crippen LogP contribution < -0.4 is 10.2 Å². The minimum absolute atomic E-state index is 0.196. The lowest BCUT2D eigenvalue weighted by Gasteiger charge is -2.24. The highest BCUT2D eigenvalue weighted by atomic mass is 16.2. The number of nitrogens with zero attached hydrogens (tertiary/aromatic N) is 1. The van der Waals surface area contributed by atoms with Gasteiger partial charge in [0.15, 0.2) is 0 Å². The lowest BCUT2D eigenvalue weighted by Crippen LogP contribution is -2.33. The number of benzene rings is 1. The van der Waals surface area contributed by atoms with Gasteiger partial charge in [0.25, 0.3) is 0 Å². The van der Waals surface area contributed by atoms with Crippen molar-refractivity contribution >= 4 is 11.6 Å². The monoisotopic (exact) mass is 258 g/mol. The molecular weight excluding hydrogens is 236 g/mol. The van der Waals surface area contributed by atoms with Gasteiger partial charge in [-0.05, 0) is 56.3 Å². The van der Waals surface area contributed by atoms with Crippen LogP contribution in [0.15, 0.2) is 18.2 Å². The number of hydrogen-bond acceptors (Lipinski definition) is 2. The van der Waals surface area contributed by atoms with E-state index in [1.807, 2.05) is 20.9 Å². The van der Waals surface area contributed by atoms with Crippen molar-refractivity contribution < 1.29 is 4.79 Å². The van der Waals surface area contributed by atoms with Gasteiger partial charge in [-0.2, -0.15) is 0 Å². The van der Waals surface area contributed by atoms with Crippen LogP contribution in [0.2, 0.25) is 0 Å². The van der Waals surface area contributed by atoms with E-state index in [0.717, 1.165) is 18.8 Å². The van der Waals surface area contributed by atoms with E-state index in [2.05, 4.69) is 23.5 Å². The molecule has 1 saturated heterocycles. The van der Waals surface area contributed by atoms with Gasteiger partial charge in [-0.15, -0.1) is 0 Å². The van der Waals surface area contributed by atoms with Crippen LogP contribution in [0.25, 0.3) is 0 Å². The summed E-state index contributed by atoms with van der Waals surface area (Å²) in [5.41, 5.74) is 3.25. The van der Waals surface area contributed by atoms with Crippen molar-refractivity contribution in [3.8, 4) is 0 Å². The summed E-state index contributed by atoms with van der Waals surface area (Å²) in [5, 5.41) is 3.46. The SMILES string of the molecule is CN1C(=O)C(C)(C)c2cc(C3CCCNC3)ccc21. The molecule has 2 aliphatic rings. The number of carbonyl (C=O) groups excluding carboxylic acids is 1. The third-order valence-corrected chi connectivity index (χ3v) is 4.66. The summed E-state index contributed by atoms with van der Waals surface area (Å²) >= 11 is 0. The first-order valence-electron chi connectivity index (χ1n) is 7.15. The maximum absolute atomic E-state index is 12.3. The number of rotatable bonds is 1. The average molecular weight is 258 g/mol. The molecule has 1 fully saturated rings. The smallest absolute Gasteiger partial charge is 0.236 e. The fraction of sp³-hybridized carbons (Fsp3) is 0.562. The predicted octanol–water partition coefficient (Wildman–Crippen LogP) is 2.41. The van der Waals surface area contributed by atoms with Gasteiger partial charge in [0.05, 0.1) is 5.41 Å². The Morgan fingerprint density at radius 2 is 2.16 bits per heavy atom. The Hall–Kier alpha value is -1.35. The molecule has 102 valence electrons. The second kappa shape index (κ2) is 4.34. The molecule has 0 aliphatic carbocycles. The Labute approximate surface area is 115 Å². The van der Waals surface area contributed by atoms with E-state index < -0.39 is 0 Å². The Morgan fingerprint density at radius 3 is 2.84 bits per heavy atom. The van der Waals surface area contributed by atoms with Crippen LogP contribution in [0.1, 0.15) is 43.7 Å². The quantitative estimate of drug-likeness (QED) is 0.839. The van der Waals surface area contributed by atoms with Crippen LogP contribution in [0, 0.1) is 0 Å². The molecule has 2 aliphatic heterocycles. The van der Waals surface area contributed by atoms with E-state index in [0.29, 0.717) is 5.92 Å². The molecule has 0 bridgehead atoms. The summed E-state index contributed by atoms with van der Waals surface area (Å²) in [4.78, 5) is 14.1. The molecule has 1 atom stereocenters. The number of piperidine rings is 1. The van der Waals surface area contributed by atoms with Crippen molar-refractivity contribution in [2.24, 2.45) is 0 Å². The second-order valence-electron chi connectivity index (χ2n) is 6.31. The molecule has 1 unspecified atom stereocenters. The molecule has 3 heteroatoms. The molecule has 1 N–H and O–H groups in total. The number of carbonyl (C=O) groups is 1. The molecule has 1 amide bonds. The molecule has 19 heavy (non-hydrogen) atoms. The van der Waals surface area contributed by atoms with Crippen molar-refractivity contribution in [3.05, 3.63) is 29.3 Å². The molecule has 0 radical (unpaired) electrons. The lowest BCUT2D eigenvalue weighted by atomic mass is 9.83. The number of hydrogen-bond donors (Lipinski definition) is 1. The van der Waals surface area contributed by atoms with Crippen molar-refractivity contribution in [3.63, 3.8) is 0 Å². The van der Waals surface area contributed by atoms with E-state index in [-0.39, 0.29) is 11.3 Å². The molecule has 1 aromatic rings. The lowest BCUT2D eigenvalue weighted by molar-refractivity contribution is -0.121. The molecule has 3 rings (SSSR count). The maximum Gasteiger partial charge on any atom is 0.236 e. The number of likely N-dealkylation sites (N-methyl/N-ethyl adjacent to an activating group) is 1. The van der Waals surface area contributed by atoms with Crippen LogP contribution in [-0.4, -0.2) is 26.0 Å². The van der Waals surface area contributed by atoms with Crippen molar-refractivity contribution in [1.29, 1.82) is 0 Å². The Bertz CT molecular complexity index is 515. The molecular formula is C16H22N2O. The first kappa shape index (κ1) is 12.7. The van der Waals surface area contributed by atoms with Gasteiger partial charge < -0.3 is 10.2 Å². The van der Waals surface area contributed by atoms with Gasteiger partial charge in [0.1, 0.15) is 0 Å². The van der Waals surface area contributed by atoms with Gasteiger partial charge in [0, 0.05) is 19.3 Å². The first-order valence-corrected chi connectivity index (χ1v) is 7.15. The van der Waals surface area contributed by atoms with Gasteiger partial charge in [-0.3, -0.25) is 4.79 Å². The van der Waals surface area contributed by atoms with Crippen molar-refractivity contribution in [2.75, 3.05) is 25.0 Å². The molecule has 1 aromatic carbocycles. The zero-order valence-corrected chi connectivity index (χ0v) is 12.0. The van der Waals surface area contributed by atoms with Crippen LogP contribution in [-0.2, 0) is 10.2 Å². The normalized spacial score (nSPS) is 25.5. The van der Waals surface area contributed by atoms with Gasteiger partial charge >= 0.3 is 0 Å². The first-order chi connectivity index (χ1) is 9.01. The van der Waals surface area contributed by atoms with E-state index in [1.165, 1.54) is 24.0 Å². The summed E-state index contributed by atoms with van der Waals surface area (Å²) in [6.07, 6.45) is 2.49. The van der Waals surface area contributed by atoms with E-state index in [1.54, 1.807) is 4.90 Å². The minimum atomic E-state index is -0.387. The molecule has 3 nitrogen and oxygen atoms in total. The third kappa shape index (κ3) is 1.88. The molecule has 0 aromatic heterocycles.